The van der Waals surface area contributed by atoms with Crippen LogP contribution in [-0.4, -0.2) is 74.4 Å². The molecule has 7 aromatic rings. The smallest absolute Gasteiger partial charge is 0.337 e. The van der Waals surface area contributed by atoms with E-state index in [1.165, 1.54) is 0 Å². The molecule has 316 valence electrons. The van der Waals surface area contributed by atoms with Gasteiger partial charge in [-0.2, -0.15) is 5.10 Å². The van der Waals surface area contributed by atoms with Crippen molar-refractivity contribution in [3.63, 3.8) is 0 Å². The number of hydrogen-bond donors (Lipinski definition) is 1. The summed E-state index contributed by atoms with van der Waals surface area (Å²) in [7, 11) is 3.50. The number of aromatic nitrogens is 5. The third-order valence-electron chi connectivity index (χ3n) is 11.6. The van der Waals surface area contributed by atoms with Crippen LogP contribution < -0.4 is 14.4 Å². The number of rotatable bonds is 14. The summed E-state index contributed by atoms with van der Waals surface area (Å²) in [6.07, 6.45) is 4.45. The summed E-state index contributed by atoms with van der Waals surface area (Å²) >= 11 is 13.6. The summed E-state index contributed by atoms with van der Waals surface area (Å²) in [6.45, 7) is 11.5. The van der Waals surface area contributed by atoms with Crippen LogP contribution in [0, 0.1) is 27.7 Å². The Hall–Kier alpha value is -5.82. The van der Waals surface area contributed by atoms with Gasteiger partial charge in [0.05, 0.1) is 58.5 Å². The Morgan fingerprint density at radius 2 is 1.66 bits per heavy atom. The fourth-order valence-electron chi connectivity index (χ4n) is 8.82. The molecule has 0 radical (unpaired) electrons. The van der Waals surface area contributed by atoms with E-state index in [0.717, 1.165) is 66.6 Å². The molecule has 1 atom stereocenters. The van der Waals surface area contributed by atoms with E-state index in [4.69, 9.17) is 42.5 Å². The second-order valence-electron chi connectivity index (χ2n) is 15.7. The summed E-state index contributed by atoms with van der Waals surface area (Å²) in [4.78, 5) is 34.8. The fourth-order valence-corrected chi connectivity index (χ4v) is 9.18. The van der Waals surface area contributed by atoms with Gasteiger partial charge in [-0.25, -0.2) is 4.79 Å². The Morgan fingerprint density at radius 3 is 2.33 bits per heavy atom. The number of aryl methyl sites for hydroxylation is 5. The lowest BCUT2D eigenvalue weighted by molar-refractivity contribution is 0.0698. The quantitative estimate of drug-likeness (QED) is 0.107. The zero-order valence-corrected chi connectivity index (χ0v) is 36.8. The highest BCUT2D eigenvalue weighted by Crippen LogP contribution is 2.46. The summed E-state index contributed by atoms with van der Waals surface area (Å²) in [5, 5.41) is 17.9. The van der Waals surface area contributed by atoms with Crippen LogP contribution in [0.1, 0.15) is 74.0 Å². The lowest BCUT2D eigenvalue weighted by Crippen LogP contribution is -2.43. The van der Waals surface area contributed by atoms with Crippen molar-refractivity contribution in [1.29, 1.82) is 0 Å². The minimum Gasteiger partial charge on any atom is -0.494 e. The van der Waals surface area contributed by atoms with Crippen LogP contribution in [0.4, 0.5) is 5.69 Å². The first-order valence-corrected chi connectivity index (χ1v) is 21.0. The number of carbonyl (C=O) groups excluding carboxylic acids is 1. The van der Waals surface area contributed by atoms with Crippen molar-refractivity contribution in [1.82, 2.24) is 23.9 Å². The number of hydrogen-bond acceptors (Lipinski definition) is 7. The molecule has 1 N–H and O–H groups in total. The van der Waals surface area contributed by atoms with E-state index in [0.29, 0.717) is 59.1 Å². The number of carbonyl (C=O) groups is 2. The number of halogens is 2. The number of aromatic carboxylic acids is 1. The molecule has 1 amide bonds. The van der Waals surface area contributed by atoms with Crippen LogP contribution in [-0.2, 0) is 24.8 Å². The summed E-state index contributed by atoms with van der Waals surface area (Å²) in [5.74, 6) is -0.164. The number of benzene rings is 3. The molecule has 5 heterocycles. The van der Waals surface area contributed by atoms with Gasteiger partial charge < -0.3 is 33.4 Å². The van der Waals surface area contributed by atoms with Crippen LogP contribution >= 0.6 is 23.2 Å². The van der Waals surface area contributed by atoms with Gasteiger partial charge in [-0.15, -0.1) is 0 Å². The monoisotopic (exact) mass is 862 g/mol. The zero-order valence-electron chi connectivity index (χ0n) is 35.3. The number of ether oxygens (including phenoxy) is 3. The van der Waals surface area contributed by atoms with Crippen molar-refractivity contribution in [2.24, 2.45) is 7.05 Å². The van der Waals surface area contributed by atoms with E-state index in [1.54, 1.807) is 30.5 Å². The lowest BCUT2D eigenvalue weighted by atomic mass is 9.98. The van der Waals surface area contributed by atoms with Gasteiger partial charge in [0, 0.05) is 77.8 Å². The van der Waals surface area contributed by atoms with Crippen molar-refractivity contribution in [3.8, 4) is 22.6 Å². The maximum Gasteiger partial charge on any atom is 0.337 e. The first-order valence-electron chi connectivity index (χ1n) is 20.3. The summed E-state index contributed by atoms with van der Waals surface area (Å²) in [5.41, 5.74) is 9.66. The Morgan fingerprint density at radius 1 is 0.918 bits per heavy atom. The number of fused-ring (bicyclic) bond motifs is 4. The molecule has 3 aromatic carbocycles. The highest BCUT2D eigenvalue weighted by molar-refractivity contribution is 6.35. The molecule has 14 heteroatoms. The van der Waals surface area contributed by atoms with Gasteiger partial charge in [0.15, 0.2) is 0 Å². The first kappa shape index (κ1) is 41.9. The van der Waals surface area contributed by atoms with E-state index < -0.39 is 5.97 Å². The largest absolute Gasteiger partial charge is 0.494 e. The Bertz CT molecular complexity index is 2820. The average Bonchev–Trinajstić information content (AvgIpc) is 3.85. The van der Waals surface area contributed by atoms with E-state index in [1.807, 2.05) is 92.5 Å². The molecule has 12 nitrogen and oxygen atoms in total. The Labute approximate surface area is 364 Å². The third kappa shape index (κ3) is 7.62. The van der Waals surface area contributed by atoms with Crippen molar-refractivity contribution in [2.45, 2.75) is 60.0 Å². The molecule has 0 saturated carbocycles. The molecule has 0 saturated heterocycles. The lowest BCUT2D eigenvalue weighted by Gasteiger charge is -2.35. The van der Waals surface area contributed by atoms with E-state index in [9.17, 15) is 9.90 Å². The summed E-state index contributed by atoms with van der Waals surface area (Å²) < 4.78 is 23.6. The molecule has 0 spiro atoms. The van der Waals surface area contributed by atoms with Crippen LogP contribution in [0.25, 0.3) is 32.9 Å². The first-order chi connectivity index (χ1) is 29.3. The number of nitrogens with zero attached hydrogens (tertiary/aromatic N) is 6. The second-order valence-corrected chi connectivity index (χ2v) is 16.5. The number of pyridine rings is 1. The van der Waals surface area contributed by atoms with E-state index in [2.05, 4.69) is 16.5 Å². The molecule has 1 aliphatic rings. The number of methoxy groups -OCH3 is 1. The number of carboxylic acids is 1. The minimum absolute atomic E-state index is 0.0873. The molecule has 1 unspecified atom stereocenters. The number of anilines is 1. The molecule has 0 bridgehead atoms. The number of carboxylic acid groups (broad SMARTS) is 1. The van der Waals surface area contributed by atoms with Crippen molar-refractivity contribution in [3.05, 3.63) is 122 Å². The fraction of sp³-hybridized carbons (Fsp3) is 0.319. The normalized spacial score (nSPS) is 14.0. The molecule has 61 heavy (non-hydrogen) atoms. The molecule has 1 aliphatic heterocycles. The van der Waals surface area contributed by atoms with Gasteiger partial charge in [-0.05, 0) is 101 Å². The maximum absolute atomic E-state index is 15.6. The maximum atomic E-state index is 15.6. The van der Waals surface area contributed by atoms with Crippen LogP contribution in [0.2, 0.25) is 10.0 Å². The Kier molecular flexibility index (Phi) is 11.6. The third-order valence-corrected chi connectivity index (χ3v) is 12.5. The molecular weight excluding hydrogens is 815 g/mol. The predicted molar refractivity (Wildman–Crippen MR) is 239 cm³/mol. The van der Waals surface area contributed by atoms with Gasteiger partial charge in [0.25, 0.3) is 5.91 Å². The van der Waals surface area contributed by atoms with Crippen LogP contribution in [0.3, 0.4) is 0 Å². The van der Waals surface area contributed by atoms with Crippen molar-refractivity contribution in [2.75, 3.05) is 38.4 Å². The zero-order chi connectivity index (χ0) is 43.3. The Balaban J connectivity index is 1.31. The van der Waals surface area contributed by atoms with E-state index in [-0.39, 0.29) is 37.2 Å². The van der Waals surface area contributed by atoms with Gasteiger partial charge >= 0.3 is 5.97 Å². The van der Waals surface area contributed by atoms with Gasteiger partial charge in [0.2, 0.25) is 0 Å². The standard InChI is InChI=1S/C47H48Cl2N6O6/c1-26-19-32(20-27(2)42(26)49)60-16-10-12-34-35-13-14-38(48)41(40-29(4)51-52(6)30(40)5)44(35)55-28(3)23-54(46(56)45(34)55)39-22-33(61-18-17-59-7)21-36-37(47(57)58)25-53(43(36)39)24-31-11-8-9-15-50-31/h8-9,11,13-15,19-22,25,28H,10,12,16-18,23-24H2,1-7H3,(H,57,58). The topological polar surface area (TPSA) is 126 Å². The average molecular weight is 864 g/mol. The van der Waals surface area contributed by atoms with Gasteiger partial charge in [-0.3, -0.25) is 14.5 Å². The predicted octanol–water partition coefficient (Wildman–Crippen LogP) is 9.94. The van der Waals surface area contributed by atoms with Gasteiger partial charge in [-0.1, -0.05) is 35.3 Å². The highest BCUT2D eigenvalue weighted by atomic mass is 35.5. The van der Waals surface area contributed by atoms with Crippen LogP contribution in [0.5, 0.6) is 11.5 Å². The SMILES string of the molecule is COCCOc1cc(N2CC(C)n3c(c(CCCOc4cc(C)c(Cl)c(C)c4)c4ccc(Cl)c(-c5c(C)nn(C)c5C)c43)C2=O)c2c(c1)c(C(=O)O)cn2Cc1ccccn1. The number of amides is 1. The minimum atomic E-state index is -1.10. The molecule has 8 rings (SSSR count). The van der Waals surface area contributed by atoms with Gasteiger partial charge in [0.1, 0.15) is 23.8 Å². The van der Waals surface area contributed by atoms with E-state index >= 15 is 4.79 Å². The molecular formula is C47H48Cl2N6O6. The van der Waals surface area contributed by atoms with Crippen molar-refractivity contribution >= 4 is 62.6 Å². The molecule has 0 fully saturated rings. The summed E-state index contributed by atoms with van der Waals surface area (Å²) in [6, 6.07) is 16.7. The highest BCUT2D eigenvalue weighted by Gasteiger charge is 2.38. The van der Waals surface area contributed by atoms with Crippen LogP contribution in [0.15, 0.2) is 67.0 Å². The second kappa shape index (κ2) is 16.9. The van der Waals surface area contributed by atoms with Crippen molar-refractivity contribution < 1.29 is 28.9 Å². The molecule has 0 aliphatic carbocycles. The molecule has 4 aromatic heterocycles.